The average molecular weight is 784 g/mol. The van der Waals surface area contributed by atoms with Crippen LogP contribution in [0.5, 0.6) is 0 Å². The Bertz CT molecular complexity index is 763. The summed E-state index contributed by atoms with van der Waals surface area (Å²) in [6.07, 6.45) is 2.72. The van der Waals surface area contributed by atoms with Crippen molar-refractivity contribution in [3.63, 3.8) is 0 Å². The number of hydrogen-bond donors (Lipinski definition) is 0. The zero-order valence-corrected chi connectivity index (χ0v) is 24.6. The molecule has 0 aromatic heterocycles. The van der Waals surface area contributed by atoms with Crippen molar-refractivity contribution in [1.82, 2.24) is 14.7 Å². The zero-order valence-electron chi connectivity index (χ0n) is 16.8. The van der Waals surface area contributed by atoms with Gasteiger partial charge in [0.25, 0.3) is 0 Å². The van der Waals surface area contributed by atoms with Gasteiger partial charge in [-0.2, -0.15) is 0 Å². The van der Waals surface area contributed by atoms with Crippen LogP contribution >= 0.6 is 0 Å². The van der Waals surface area contributed by atoms with Crippen molar-refractivity contribution in [2.24, 2.45) is 0 Å². The van der Waals surface area contributed by atoms with E-state index in [2.05, 4.69) is 28.9 Å². The second-order valence-corrected chi connectivity index (χ2v) is 21.8. The molecule has 1 aromatic carbocycles. The van der Waals surface area contributed by atoms with Crippen molar-refractivity contribution in [2.45, 2.75) is 51.4 Å². The van der Waals surface area contributed by atoms with Crippen LogP contribution in [0.4, 0.5) is 4.79 Å². The fourth-order valence-electron chi connectivity index (χ4n) is 5.10. The summed E-state index contributed by atoms with van der Waals surface area (Å²) >= 11 is 1.93. The number of likely N-dealkylation sites (tertiary alicyclic amines) is 2. The van der Waals surface area contributed by atoms with Gasteiger partial charge in [-0.05, 0) is 0 Å². The van der Waals surface area contributed by atoms with Gasteiger partial charge in [0, 0.05) is 0 Å². The molecule has 0 bridgehead atoms. The molecular formula is C21H27N3O3Pb2. The Morgan fingerprint density at radius 1 is 1.28 bits per heavy atom. The Morgan fingerprint density at radius 2 is 2.03 bits per heavy atom. The molecule has 3 atom stereocenters. The van der Waals surface area contributed by atoms with Gasteiger partial charge in [0.2, 0.25) is 0 Å². The molecule has 6 radical (unpaired) electrons. The van der Waals surface area contributed by atoms with Crippen molar-refractivity contribution in [3.05, 3.63) is 35.9 Å². The van der Waals surface area contributed by atoms with E-state index in [1.165, 1.54) is 0 Å². The summed E-state index contributed by atoms with van der Waals surface area (Å²) in [5, 5.41) is 0. The Balaban J connectivity index is 1.48. The van der Waals surface area contributed by atoms with Gasteiger partial charge in [0.1, 0.15) is 0 Å². The first-order chi connectivity index (χ1) is 13.9. The van der Waals surface area contributed by atoms with Crippen molar-refractivity contribution >= 4 is 63.5 Å². The molecule has 6 nitrogen and oxygen atoms in total. The number of benzene rings is 1. The van der Waals surface area contributed by atoms with Gasteiger partial charge < -0.3 is 0 Å². The van der Waals surface area contributed by atoms with Gasteiger partial charge in [-0.3, -0.25) is 0 Å². The number of hydrogen-bond acceptors (Lipinski definition) is 4. The molecule has 29 heavy (non-hydrogen) atoms. The average Bonchev–Trinajstić information content (AvgIpc) is 3.29. The van der Waals surface area contributed by atoms with Gasteiger partial charge in [0.05, 0.1) is 0 Å². The fourth-order valence-corrected chi connectivity index (χ4v) is 6.39. The molecule has 3 unspecified atom stereocenters. The Hall–Kier alpha value is -0.236. The topological polar surface area (TPSA) is 53.1 Å². The van der Waals surface area contributed by atoms with E-state index < -0.39 is 0 Å². The minimum atomic E-state index is -0.187. The SMILES string of the molecule is CC1CC(N2CCC3(CCOC(=O)N3Cc3ccccc3)C2)CN1C(=O)[CH]([Pb])[Pb]. The number of rotatable bonds is 4. The van der Waals surface area contributed by atoms with Crippen LogP contribution in [0.2, 0.25) is 1.04 Å². The van der Waals surface area contributed by atoms with Gasteiger partial charge >= 0.3 is 188 Å². The number of nitrogens with zero attached hydrogens (tertiary/aromatic N) is 3. The van der Waals surface area contributed by atoms with Gasteiger partial charge in [-0.15, -0.1) is 0 Å². The molecular weight excluding hydrogens is 757 g/mol. The third-order valence-corrected chi connectivity index (χ3v) is 8.65. The molecule has 3 aliphatic rings. The van der Waals surface area contributed by atoms with E-state index in [-0.39, 0.29) is 11.6 Å². The van der Waals surface area contributed by atoms with Crippen LogP contribution in [0.3, 0.4) is 0 Å². The first-order valence-corrected chi connectivity index (χ1v) is 14.8. The Morgan fingerprint density at radius 3 is 2.76 bits per heavy atom. The molecule has 4 rings (SSSR count). The van der Waals surface area contributed by atoms with Crippen LogP contribution < -0.4 is 0 Å². The molecule has 2 amide bonds. The Kier molecular flexibility index (Phi) is 6.89. The first-order valence-electron chi connectivity index (χ1n) is 10.3. The molecule has 0 N–H and O–H groups in total. The van der Waals surface area contributed by atoms with Crippen LogP contribution in [0, 0.1) is 0 Å². The number of carbonyl (C=O) groups is 2. The monoisotopic (exact) mass is 785 g/mol. The van der Waals surface area contributed by atoms with E-state index in [0.717, 1.165) is 96.0 Å². The van der Waals surface area contributed by atoms with Crippen LogP contribution in [-0.2, 0) is 16.1 Å². The summed E-state index contributed by atoms with van der Waals surface area (Å²) in [5.74, 6) is 0.374. The zero-order chi connectivity index (χ0) is 20.6. The molecule has 0 aliphatic carbocycles. The van der Waals surface area contributed by atoms with Gasteiger partial charge in [-0.25, -0.2) is 0 Å². The predicted octanol–water partition coefficient (Wildman–Crippen LogP) is 1.55. The summed E-state index contributed by atoms with van der Waals surface area (Å²) < 4.78 is 5.74. The molecule has 3 saturated heterocycles. The quantitative estimate of drug-likeness (QED) is 0.436. The molecule has 3 aliphatic heterocycles. The van der Waals surface area contributed by atoms with E-state index >= 15 is 0 Å². The second kappa shape index (κ2) is 9.09. The molecule has 0 saturated carbocycles. The third-order valence-electron chi connectivity index (χ3n) is 6.73. The molecule has 3 fully saturated rings. The normalized spacial score (nSPS) is 30.4. The molecule has 1 aromatic rings. The molecule has 8 heteroatoms. The fraction of sp³-hybridized carbons (Fsp3) is 0.619. The van der Waals surface area contributed by atoms with Gasteiger partial charge in [-0.1, -0.05) is 18.2 Å². The summed E-state index contributed by atoms with van der Waals surface area (Å²) in [6, 6.07) is 10.9. The van der Waals surface area contributed by atoms with Crippen LogP contribution in [0.25, 0.3) is 0 Å². The predicted molar refractivity (Wildman–Crippen MR) is 112 cm³/mol. The standard InChI is InChI=1S/C21H27N3O3.2Pb/c1-16-12-19(14-23(16)17(2)25)22-10-8-21(15-22)9-11-27-20(26)24(21)13-18-6-4-3-5-7-18;;/h2-7,16,19H,8-15H2,1H3;;. The number of carbonyl (C=O) groups excluding carboxylic acids is 2. The van der Waals surface area contributed by atoms with E-state index in [4.69, 9.17) is 4.74 Å². The molecule has 3 heterocycles. The second-order valence-electron chi connectivity index (χ2n) is 8.54. The number of ether oxygens (including phenoxy) is 1. The maximum atomic E-state index is 12.7. The van der Waals surface area contributed by atoms with Crippen LogP contribution in [0.1, 0.15) is 31.7 Å². The summed E-state index contributed by atoms with van der Waals surface area (Å²) in [4.78, 5) is 31.9. The van der Waals surface area contributed by atoms with Gasteiger partial charge in [0.15, 0.2) is 0 Å². The number of cyclic esters (lactones) is 1. The van der Waals surface area contributed by atoms with Crippen molar-refractivity contribution in [1.29, 1.82) is 0 Å². The third kappa shape index (κ3) is 4.53. The van der Waals surface area contributed by atoms with E-state index in [9.17, 15) is 9.59 Å². The van der Waals surface area contributed by atoms with E-state index in [1.54, 1.807) is 0 Å². The van der Waals surface area contributed by atoms with Crippen molar-refractivity contribution < 1.29 is 14.3 Å². The summed E-state index contributed by atoms with van der Waals surface area (Å²) in [6.45, 7) is 6.02. The van der Waals surface area contributed by atoms with Crippen molar-refractivity contribution in [2.75, 3.05) is 26.2 Å². The maximum absolute atomic E-state index is 12.7. The first kappa shape index (κ1) is 22.0. The Labute approximate surface area is 204 Å². The minimum absolute atomic E-state index is 0.149. The van der Waals surface area contributed by atoms with Crippen molar-refractivity contribution in [3.8, 4) is 0 Å². The van der Waals surface area contributed by atoms with E-state index in [1.807, 2.05) is 23.1 Å². The molecule has 152 valence electrons. The number of amides is 2. The van der Waals surface area contributed by atoms with Crippen LogP contribution in [-0.4, -0.2) is 122 Å². The molecule has 1 spiro atoms. The summed E-state index contributed by atoms with van der Waals surface area (Å²) in [7, 11) is 0. The van der Waals surface area contributed by atoms with Crippen LogP contribution in [0.15, 0.2) is 30.3 Å². The summed E-state index contributed by atoms with van der Waals surface area (Å²) in [5.41, 5.74) is 0.990. The van der Waals surface area contributed by atoms with E-state index in [0.29, 0.717) is 32.2 Å².